The van der Waals surface area contributed by atoms with Crippen LogP contribution in [0.1, 0.15) is 12.5 Å². The zero-order chi connectivity index (χ0) is 25.9. The Labute approximate surface area is 212 Å². The highest BCUT2D eigenvalue weighted by molar-refractivity contribution is 7.99. The maximum Gasteiger partial charge on any atom is 0.416 e. The van der Waals surface area contributed by atoms with Crippen molar-refractivity contribution >= 4 is 29.0 Å². The zero-order valence-electron chi connectivity index (χ0n) is 20.0. The predicted molar refractivity (Wildman–Crippen MR) is 133 cm³/mol. The Kier molecular flexibility index (Phi) is 8.46. The van der Waals surface area contributed by atoms with Crippen LogP contribution in [0.15, 0.2) is 52.3 Å². The summed E-state index contributed by atoms with van der Waals surface area (Å²) in [4.78, 5) is 19.5. The number of aliphatic hydroxyl groups excluding tert-OH is 2. The summed E-state index contributed by atoms with van der Waals surface area (Å²) in [6, 6.07) is 11.3. The summed E-state index contributed by atoms with van der Waals surface area (Å²) in [5.41, 5.74) is 0.510. The number of carbonyl (C=O) groups excluding carboxylic acids is 1. The Bertz CT molecular complexity index is 1060. The van der Waals surface area contributed by atoms with E-state index in [1.165, 1.54) is 17.8 Å². The summed E-state index contributed by atoms with van der Waals surface area (Å²) >= 11 is 1.43. The molecule has 0 spiro atoms. The number of alkyl halides is 3. The third-order valence-electron chi connectivity index (χ3n) is 6.24. The number of hydrogen-bond donors (Lipinski definition) is 3. The lowest BCUT2D eigenvalue weighted by Crippen LogP contribution is -2.52. The molecule has 2 aliphatic heterocycles. The number of aliphatic hydroxyl groups is 2. The van der Waals surface area contributed by atoms with Crippen LogP contribution in [0, 0.1) is 0 Å². The highest BCUT2D eigenvalue weighted by Gasteiger charge is 2.34. The van der Waals surface area contributed by atoms with Crippen LogP contribution in [0.4, 0.5) is 24.5 Å². The molecule has 4 rings (SSSR count). The molecule has 2 aliphatic rings. The highest BCUT2D eigenvalue weighted by Crippen LogP contribution is 2.49. The number of hydrogen-bond acceptors (Lipinski definition) is 7. The Morgan fingerprint density at radius 3 is 2.36 bits per heavy atom. The molecule has 1 fully saturated rings. The van der Waals surface area contributed by atoms with E-state index in [1.54, 1.807) is 11.8 Å². The first-order valence-corrected chi connectivity index (χ1v) is 12.7. The van der Waals surface area contributed by atoms with Crippen molar-refractivity contribution < 1.29 is 28.2 Å². The molecule has 2 unspecified atom stereocenters. The number of rotatable bonds is 8. The van der Waals surface area contributed by atoms with Crippen molar-refractivity contribution in [3.05, 3.63) is 48.0 Å². The van der Waals surface area contributed by atoms with E-state index in [4.69, 9.17) is 0 Å². The van der Waals surface area contributed by atoms with Crippen LogP contribution in [-0.2, 0) is 11.0 Å². The Hall–Kier alpha value is -2.31. The summed E-state index contributed by atoms with van der Waals surface area (Å²) in [6.45, 7) is 5.28. The summed E-state index contributed by atoms with van der Waals surface area (Å²) < 4.78 is 40.3. The normalized spacial score (nSPS) is 18.3. The van der Waals surface area contributed by atoms with E-state index in [0.717, 1.165) is 27.6 Å². The number of carbonyl (C=O) groups is 1. The third kappa shape index (κ3) is 6.71. The molecular formula is C25H31F3N4O3S. The first-order chi connectivity index (χ1) is 17.1. The number of halogens is 3. The topological polar surface area (TPSA) is 79.3 Å². The fraction of sp³-hybridized carbons (Fsp3) is 0.480. The number of piperazine rings is 1. The molecule has 0 aliphatic carbocycles. The molecule has 2 aromatic rings. The van der Waals surface area contributed by atoms with Gasteiger partial charge in [0.25, 0.3) is 0 Å². The van der Waals surface area contributed by atoms with Gasteiger partial charge in [0.1, 0.15) is 0 Å². The van der Waals surface area contributed by atoms with Crippen LogP contribution in [0.5, 0.6) is 0 Å². The second kappa shape index (κ2) is 11.4. The van der Waals surface area contributed by atoms with E-state index in [0.29, 0.717) is 38.4 Å². The van der Waals surface area contributed by atoms with Crippen LogP contribution in [0.25, 0.3) is 0 Å². The summed E-state index contributed by atoms with van der Waals surface area (Å²) in [5.74, 6) is -0.136. The monoisotopic (exact) mass is 524 g/mol. The molecule has 2 heterocycles. The van der Waals surface area contributed by atoms with Crippen molar-refractivity contribution in [2.24, 2.45) is 0 Å². The lowest BCUT2D eigenvalue weighted by molar-refractivity contribution is -0.137. The van der Waals surface area contributed by atoms with Gasteiger partial charge in [0.2, 0.25) is 5.91 Å². The molecule has 196 valence electrons. The van der Waals surface area contributed by atoms with Gasteiger partial charge in [0.15, 0.2) is 0 Å². The molecule has 2 atom stereocenters. The van der Waals surface area contributed by atoms with E-state index in [1.807, 2.05) is 29.2 Å². The van der Waals surface area contributed by atoms with Crippen molar-refractivity contribution in [3.8, 4) is 0 Å². The minimum atomic E-state index is -4.45. The molecule has 0 aromatic heterocycles. The molecule has 0 saturated carbocycles. The molecule has 11 heteroatoms. The van der Waals surface area contributed by atoms with Crippen LogP contribution in [-0.4, -0.2) is 90.5 Å². The van der Waals surface area contributed by atoms with Crippen LogP contribution >= 0.6 is 11.8 Å². The minimum absolute atomic E-state index is 0.136. The van der Waals surface area contributed by atoms with E-state index in [-0.39, 0.29) is 25.5 Å². The molecule has 36 heavy (non-hydrogen) atoms. The first kappa shape index (κ1) is 26.7. The van der Waals surface area contributed by atoms with Crippen molar-refractivity contribution in [2.45, 2.75) is 35.1 Å². The van der Waals surface area contributed by atoms with Gasteiger partial charge in [-0.1, -0.05) is 23.9 Å². The van der Waals surface area contributed by atoms with Crippen molar-refractivity contribution in [1.82, 2.24) is 15.1 Å². The molecule has 1 amide bonds. The predicted octanol–water partition coefficient (Wildman–Crippen LogP) is 2.78. The van der Waals surface area contributed by atoms with Gasteiger partial charge in [-0.2, -0.15) is 13.2 Å². The van der Waals surface area contributed by atoms with Crippen LogP contribution in [0.2, 0.25) is 0 Å². The summed E-state index contributed by atoms with van der Waals surface area (Å²) in [6.07, 6.45) is -5.83. The number of fused-ring (bicyclic) bond motifs is 2. The van der Waals surface area contributed by atoms with Crippen molar-refractivity contribution in [1.29, 1.82) is 0 Å². The Morgan fingerprint density at radius 1 is 1.00 bits per heavy atom. The minimum Gasteiger partial charge on any atom is -0.392 e. The third-order valence-corrected chi connectivity index (χ3v) is 7.37. The number of nitrogens with zero attached hydrogens (tertiary/aromatic N) is 3. The van der Waals surface area contributed by atoms with Gasteiger partial charge in [0.05, 0.1) is 42.2 Å². The summed E-state index contributed by atoms with van der Waals surface area (Å²) in [7, 11) is 0. The number of amides is 1. The molecule has 0 radical (unpaired) electrons. The molecule has 1 saturated heterocycles. The van der Waals surface area contributed by atoms with Crippen LogP contribution < -0.4 is 10.2 Å². The number of para-hydroxylation sites is 1. The fourth-order valence-electron chi connectivity index (χ4n) is 4.42. The second-order valence-corrected chi connectivity index (χ2v) is 10.3. The number of β-amino-alcohol motifs (C(OH)–C–C–N with tert-alkyl or cyclic N) is 1. The SMILES string of the molecule is CC(O)CNC(=O)CN1CCN(CC(O)CN2c3ccccc3Sc3ccc(C(F)(F)F)cc32)CC1. The second-order valence-electron chi connectivity index (χ2n) is 9.24. The number of benzene rings is 2. The smallest absolute Gasteiger partial charge is 0.392 e. The average molecular weight is 525 g/mol. The van der Waals surface area contributed by atoms with E-state index in [9.17, 15) is 28.2 Å². The molecule has 0 bridgehead atoms. The van der Waals surface area contributed by atoms with Gasteiger partial charge in [-0.25, -0.2) is 0 Å². The quantitative estimate of drug-likeness (QED) is 0.490. The molecular weight excluding hydrogens is 493 g/mol. The summed E-state index contributed by atoms with van der Waals surface area (Å²) in [5, 5.41) is 22.9. The van der Waals surface area contributed by atoms with Crippen molar-refractivity contribution in [2.75, 3.05) is 57.3 Å². The van der Waals surface area contributed by atoms with Gasteiger partial charge in [-0.05, 0) is 37.3 Å². The highest BCUT2D eigenvalue weighted by atomic mass is 32.2. The van der Waals surface area contributed by atoms with E-state index >= 15 is 0 Å². The molecule has 3 N–H and O–H groups in total. The Balaban J connectivity index is 1.38. The molecule has 2 aromatic carbocycles. The Morgan fingerprint density at radius 2 is 1.67 bits per heavy atom. The van der Waals surface area contributed by atoms with Gasteiger partial charge in [0, 0.05) is 49.1 Å². The standard InChI is InChI=1S/C25H31F3N4O3S/c1-17(33)13-29-24(35)16-31-10-8-30(9-11-31)14-19(34)15-32-20-4-2-3-5-22(20)36-23-7-6-18(12-21(23)32)25(26,27)28/h2-7,12,17,19,33-34H,8-11,13-16H2,1H3,(H,29,35). The van der Waals surface area contributed by atoms with Gasteiger partial charge < -0.3 is 20.4 Å². The largest absolute Gasteiger partial charge is 0.416 e. The van der Waals surface area contributed by atoms with Gasteiger partial charge >= 0.3 is 6.18 Å². The lowest BCUT2D eigenvalue weighted by atomic mass is 10.1. The lowest BCUT2D eigenvalue weighted by Gasteiger charge is -2.38. The van der Waals surface area contributed by atoms with E-state index in [2.05, 4.69) is 10.2 Å². The van der Waals surface area contributed by atoms with Crippen LogP contribution in [0.3, 0.4) is 0 Å². The number of anilines is 2. The maximum absolute atomic E-state index is 13.4. The fourth-order valence-corrected chi connectivity index (χ4v) is 5.50. The van der Waals surface area contributed by atoms with Gasteiger partial charge in [-0.3, -0.25) is 14.6 Å². The zero-order valence-corrected chi connectivity index (χ0v) is 20.9. The number of nitrogens with one attached hydrogen (secondary N) is 1. The average Bonchev–Trinajstić information content (AvgIpc) is 2.83. The maximum atomic E-state index is 13.4. The van der Waals surface area contributed by atoms with Gasteiger partial charge in [-0.15, -0.1) is 0 Å². The first-order valence-electron chi connectivity index (χ1n) is 11.9. The van der Waals surface area contributed by atoms with E-state index < -0.39 is 23.9 Å². The molecule has 7 nitrogen and oxygen atoms in total. The van der Waals surface area contributed by atoms with Crippen molar-refractivity contribution in [3.63, 3.8) is 0 Å².